The monoisotopic (exact) mass is 369 g/mol. The zero-order valence-electron chi connectivity index (χ0n) is 12.6. The number of ether oxygens (including phenoxy) is 2. The summed E-state index contributed by atoms with van der Waals surface area (Å²) in [6.07, 6.45) is 0.778. The summed E-state index contributed by atoms with van der Waals surface area (Å²) >= 11 is 12.1. The van der Waals surface area contributed by atoms with Crippen LogP contribution in [-0.2, 0) is 6.54 Å². The summed E-state index contributed by atoms with van der Waals surface area (Å²) in [5, 5.41) is 3.21. The highest BCUT2D eigenvalue weighted by atomic mass is 35.5. The van der Waals surface area contributed by atoms with Crippen LogP contribution in [-0.4, -0.2) is 19.1 Å². The van der Waals surface area contributed by atoms with Crippen LogP contribution in [0.3, 0.4) is 0 Å². The fraction of sp³-hybridized carbons (Fsp3) is 0.235. The number of hydrogen-bond donors (Lipinski definition) is 1. The second kappa shape index (κ2) is 7.28. The molecule has 1 aliphatic heterocycles. The lowest BCUT2D eigenvalue weighted by atomic mass is 10.1. The molecule has 0 saturated carbocycles. The molecule has 4 nitrogen and oxygen atoms in total. The number of carbonyl (C=O) groups is 1. The van der Waals surface area contributed by atoms with E-state index >= 15 is 0 Å². The van der Waals surface area contributed by atoms with Gasteiger partial charge in [-0.1, -0.05) is 23.2 Å². The van der Waals surface area contributed by atoms with Crippen LogP contribution in [0.4, 0.5) is 4.39 Å². The average molecular weight is 370 g/mol. The van der Waals surface area contributed by atoms with Gasteiger partial charge in [-0.05, 0) is 35.9 Å². The average Bonchev–Trinajstić information content (AvgIpc) is 2.78. The molecule has 7 heteroatoms. The first-order valence-corrected chi connectivity index (χ1v) is 8.11. The molecule has 1 aliphatic rings. The van der Waals surface area contributed by atoms with Crippen molar-refractivity contribution < 1.29 is 18.7 Å². The van der Waals surface area contributed by atoms with Gasteiger partial charge in [0, 0.05) is 13.0 Å². The van der Waals surface area contributed by atoms with Crippen LogP contribution < -0.4 is 14.8 Å². The predicted octanol–water partition coefficient (Wildman–Crippen LogP) is 4.22. The zero-order chi connectivity index (χ0) is 17.1. The van der Waals surface area contributed by atoms with Gasteiger partial charge in [0.15, 0.2) is 11.5 Å². The second-order valence-electron chi connectivity index (χ2n) is 5.26. The molecule has 3 rings (SSSR count). The molecule has 1 amide bonds. The Morgan fingerprint density at radius 2 is 1.92 bits per heavy atom. The van der Waals surface area contributed by atoms with Crippen LogP contribution in [0.5, 0.6) is 11.5 Å². The minimum absolute atomic E-state index is 0.0594. The predicted molar refractivity (Wildman–Crippen MR) is 89.6 cm³/mol. The van der Waals surface area contributed by atoms with Gasteiger partial charge in [0.2, 0.25) is 0 Å². The van der Waals surface area contributed by atoms with Crippen molar-refractivity contribution in [2.45, 2.75) is 13.0 Å². The number of nitrogens with one attached hydrogen (secondary N) is 1. The van der Waals surface area contributed by atoms with E-state index in [1.807, 2.05) is 0 Å². The molecule has 0 fully saturated rings. The van der Waals surface area contributed by atoms with Crippen molar-refractivity contribution in [1.29, 1.82) is 0 Å². The van der Waals surface area contributed by atoms with E-state index in [-0.39, 0.29) is 17.1 Å². The molecule has 2 aromatic rings. The molecule has 0 spiro atoms. The van der Waals surface area contributed by atoms with Crippen LogP contribution in [0.1, 0.15) is 22.3 Å². The third-order valence-electron chi connectivity index (χ3n) is 3.49. The summed E-state index contributed by atoms with van der Waals surface area (Å²) in [5.41, 5.74) is 0.967. The number of hydrogen-bond acceptors (Lipinski definition) is 3. The fourth-order valence-corrected chi connectivity index (χ4v) is 2.88. The van der Waals surface area contributed by atoms with Crippen molar-refractivity contribution in [2.24, 2.45) is 0 Å². The fourth-order valence-electron chi connectivity index (χ4n) is 2.34. The summed E-state index contributed by atoms with van der Waals surface area (Å²) in [7, 11) is 0. The van der Waals surface area contributed by atoms with Gasteiger partial charge in [0.1, 0.15) is 5.82 Å². The van der Waals surface area contributed by atoms with Crippen molar-refractivity contribution in [3.8, 4) is 11.5 Å². The molecule has 0 aliphatic carbocycles. The van der Waals surface area contributed by atoms with Gasteiger partial charge >= 0.3 is 0 Å². The van der Waals surface area contributed by atoms with Gasteiger partial charge in [0.25, 0.3) is 5.91 Å². The van der Waals surface area contributed by atoms with E-state index < -0.39 is 11.7 Å². The third-order valence-corrected chi connectivity index (χ3v) is 4.08. The van der Waals surface area contributed by atoms with Crippen LogP contribution in [0.25, 0.3) is 0 Å². The molecule has 0 bridgehead atoms. The molecule has 1 N–H and O–H groups in total. The lowest BCUT2D eigenvalue weighted by molar-refractivity contribution is 0.0951. The first kappa shape index (κ1) is 16.9. The molecule has 24 heavy (non-hydrogen) atoms. The van der Waals surface area contributed by atoms with E-state index in [1.54, 1.807) is 12.1 Å². The number of fused-ring (bicyclic) bond motifs is 1. The van der Waals surface area contributed by atoms with Crippen LogP contribution in [0.2, 0.25) is 10.0 Å². The van der Waals surface area contributed by atoms with Crippen LogP contribution in [0, 0.1) is 5.82 Å². The van der Waals surface area contributed by atoms with Gasteiger partial charge in [-0.15, -0.1) is 0 Å². The number of amides is 1. The molecule has 0 unspecified atom stereocenters. The summed E-state index contributed by atoms with van der Waals surface area (Å²) in [4.78, 5) is 12.2. The first-order chi connectivity index (χ1) is 11.5. The van der Waals surface area contributed by atoms with Gasteiger partial charge in [0.05, 0.1) is 28.8 Å². The summed E-state index contributed by atoms with van der Waals surface area (Å²) < 4.78 is 24.2. The van der Waals surface area contributed by atoms with Crippen molar-refractivity contribution in [2.75, 3.05) is 13.2 Å². The highest BCUT2D eigenvalue weighted by Gasteiger charge is 2.16. The lowest BCUT2D eigenvalue weighted by Crippen LogP contribution is -2.23. The van der Waals surface area contributed by atoms with E-state index in [4.69, 9.17) is 32.7 Å². The molecule has 0 aromatic heterocycles. The standard InChI is InChI=1S/C17H14Cl2FNO3/c18-13-8-11(20)2-3-12(13)17(22)21-9-10-6-14(19)16-15(7-10)23-4-1-5-24-16/h2-3,6-8H,1,4-5,9H2,(H,21,22). The number of benzene rings is 2. The van der Waals surface area contributed by atoms with E-state index in [9.17, 15) is 9.18 Å². The lowest BCUT2D eigenvalue weighted by Gasteiger charge is -2.12. The van der Waals surface area contributed by atoms with Crippen molar-refractivity contribution in [1.82, 2.24) is 5.32 Å². The zero-order valence-corrected chi connectivity index (χ0v) is 14.1. The maximum absolute atomic E-state index is 13.0. The maximum Gasteiger partial charge on any atom is 0.253 e. The number of halogens is 3. The number of carbonyl (C=O) groups excluding carboxylic acids is 1. The summed E-state index contributed by atoms with van der Waals surface area (Å²) in [5.74, 6) is 0.185. The molecule has 2 aromatic carbocycles. The Bertz CT molecular complexity index is 783. The highest BCUT2D eigenvalue weighted by molar-refractivity contribution is 6.34. The molecular formula is C17H14Cl2FNO3. The minimum atomic E-state index is -0.494. The Balaban J connectivity index is 1.73. The largest absolute Gasteiger partial charge is 0.489 e. The van der Waals surface area contributed by atoms with E-state index in [0.717, 1.165) is 18.1 Å². The van der Waals surface area contributed by atoms with Crippen molar-refractivity contribution in [3.63, 3.8) is 0 Å². The minimum Gasteiger partial charge on any atom is -0.489 e. The second-order valence-corrected chi connectivity index (χ2v) is 6.08. The van der Waals surface area contributed by atoms with E-state index in [0.29, 0.717) is 29.7 Å². The van der Waals surface area contributed by atoms with Crippen LogP contribution in [0.15, 0.2) is 30.3 Å². The Labute approximate surface area is 148 Å². The Kier molecular flexibility index (Phi) is 5.11. The summed E-state index contributed by atoms with van der Waals surface area (Å²) in [6, 6.07) is 7.11. The van der Waals surface area contributed by atoms with E-state index in [2.05, 4.69) is 5.32 Å². The molecule has 0 saturated heterocycles. The third kappa shape index (κ3) is 3.74. The Morgan fingerprint density at radius 3 is 2.71 bits per heavy atom. The molecular weight excluding hydrogens is 356 g/mol. The maximum atomic E-state index is 13.0. The molecule has 0 radical (unpaired) electrons. The van der Waals surface area contributed by atoms with Crippen molar-refractivity contribution in [3.05, 3.63) is 57.3 Å². The normalized spacial score (nSPS) is 13.3. The van der Waals surface area contributed by atoms with Crippen molar-refractivity contribution >= 4 is 29.1 Å². The smallest absolute Gasteiger partial charge is 0.253 e. The van der Waals surface area contributed by atoms with Gasteiger partial charge < -0.3 is 14.8 Å². The molecule has 126 valence electrons. The quantitative estimate of drug-likeness (QED) is 0.880. The highest BCUT2D eigenvalue weighted by Crippen LogP contribution is 2.38. The summed E-state index contributed by atoms with van der Waals surface area (Å²) in [6.45, 7) is 1.32. The van der Waals surface area contributed by atoms with Gasteiger partial charge in [-0.2, -0.15) is 0 Å². The molecule has 0 atom stereocenters. The number of rotatable bonds is 3. The molecule has 1 heterocycles. The van der Waals surface area contributed by atoms with Gasteiger partial charge in [-0.3, -0.25) is 4.79 Å². The Morgan fingerprint density at radius 1 is 1.12 bits per heavy atom. The van der Waals surface area contributed by atoms with Gasteiger partial charge in [-0.25, -0.2) is 4.39 Å². The van der Waals surface area contributed by atoms with E-state index in [1.165, 1.54) is 12.1 Å². The Hall–Kier alpha value is -1.98. The first-order valence-electron chi connectivity index (χ1n) is 7.36. The van der Waals surface area contributed by atoms with Crippen LogP contribution >= 0.6 is 23.2 Å². The topological polar surface area (TPSA) is 47.6 Å². The SMILES string of the molecule is O=C(NCc1cc(Cl)c2c(c1)OCCCO2)c1ccc(F)cc1Cl.